The molecule has 1 aromatic carbocycles. The molecule has 0 radical (unpaired) electrons. The second-order valence-electron chi connectivity index (χ2n) is 4.99. The van der Waals surface area contributed by atoms with Crippen LogP contribution in [0.25, 0.3) is 6.08 Å². The zero-order chi connectivity index (χ0) is 15.5. The molecule has 1 saturated heterocycles. The molecule has 1 heterocycles. The number of hydrogen-bond donors (Lipinski definition) is 1. The molecule has 0 unspecified atom stereocenters. The van der Waals surface area contributed by atoms with Gasteiger partial charge < -0.3 is 10.0 Å². The van der Waals surface area contributed by atoms with Gasteiger partial charge in [0.2, 0.25) is 0 Å². The van der Waals surface area contributed by atoms with Gasteiger partial charge in [0.15, 0.2) is 0 Å². The van der Waals surface area contributed by atoms with E-state index < -0.39 is 17.7 Å². The maximum Gasteiger partial charge on any atom is 0.418 e. The maximum absolute atomic E-state index is 13.2. The Kier molecular flexibility index (Phi) is 4.55. The highest BCUT2D eigenvalue weighted by atomic mass is 19.4. The minimum atomic E-state index is -4.46. The van der Waals surface area contributed by atoms with Crippen LogP contribution in [0, 0.1) is 0 Å². The van der Waals surface area contributed by atoms with Crippen molar-refractivity contribution >= 4 is 17.7 Å². The Bertz CT molecular complexity index is 546. The lowest BCUT2D eigenvalue weighted by Gasteiger charge is -2.31. The Balaban J connectivity index is 2.38. The van der Waals surface area contributed by atoms with Gasteiger partial charge in [0.05, 0.1) is 5.56 Å². The summed E-state index contributed by atoms with van der Waals surface area (Å²) >= 11 is 0. The van der Waals surface area contributed by atoms with E-state index in [-0.39, 0.29) is 11.3 Å². The van der Waals surface area contributed by atoms with Crippen LogP contribution in [0.5, 0.6) is 0 Å². The number of anilines is 1. The molecular formula is C15H16F3NO2. The van der Waals surface area contributed by atoms with Gasteiger partial charge in [0.25, 0.3) is 0 Å². The summed E-state index contributed by atoms with van der Waals surface area (Å²) in [6.45, 7) is 1.24. The molecule has 114 valence electrons. The molecular weight excluding hydrogens is 283 g/mol. The average molecular weight is 299 g/mol. The first-order chi connectivity index (χ1) is 9.88. The summed E-state index contributed by atoms with van der Waals surface area (Å²) in [4.78, 5) is 12.2. The fraction of sp³-hybridized carbons (Fsp3) is 0.400. The van der Waals surface area contributed by atoms with Crippen molar-refractivity contribution in [1.82, 2.24) is 0 Å². The van der Waals surface area contributed by atoms with Gasteiger partial charge in [-0.15, -0.1) is 0 Å². The van der Waals surface area contributed by atoms with Crippen molar-refractivity contribution in [3.05, 3.63) is 35.4 Å². The summed E-state index contributed by atoms with van der Waals surface area (Å²) in [5.41, 5.74) is -0.308. The lowest BCUT2D eigenvalue weighted by Crippen LogP contribution is -2.31. The fourth-order valence-electron chi connectivity index (χ4n) is 2.46. The van der Waals surface area contributed by atoms with Crippen molar-refractivity contribution in [2.75, 3.05) is 18.0 Å². The number of piperidine rings is 1. The van der Waals surface area contributed by atoms with Crippen LogP contribution in [0.15, 0.2) is 24.3 Å². The second kappa shape index (κ2) is 6.20. The Morgan fingerprint density at radius 3 is 2.43 bits per heavy atom. The maximum atomic E-state index is 13.2. The summed E-state index contributed by atoms with van der Waals surface area (Å²) < 4.78 is 39.6. The molecule has 3 nitrogen and oxygen atoms in total. The van der Waals surface area contributed by atoms with E-state index in [1.54, 1.807) is 4.90 Å². The highest BCUT2D eigenvalue weighted by molar-refractivity contribution is 5.85. The zero-order valence-corrected chi connectivity index (χ0v) is 11.4. The first-order valence-corrected chi connectivity index (χ1v) is 6.75. The second-order valence-corrected chi connectivity index (χ2v) is 4.99. The first-order valence-electron chi connectivity index (χ1n) is 6.75. The average Bonchev–Trinajstić information content (AvgIpc) is 2.45. The van der Waals surface area contributed by atoms with Crippen LogP contribution >= 0.6 is 0 Å². The van der Waals surface area contributed by atoms with Gasteiger partial charge in [-0.25, -0.2) is 4.79 Å². The molecule has 0 bridgehead atoms. The SMILES string of the molecule is O=C(O)/C=C/c1ccc(N2CCCCC2)c(C(F)(F)F)c1. The topological polar surface area (TPSA) is 40.5 Å². The van der Waals surface area contributed by atoms with Crippen molar-refractivity contribution in [3.8, 4) is 0 Å². The van der Waals surface area contributed by atoms with Gasteiger partial charge in [-0.1, -0.05) is 6.07 Å². The third kappa shape index (κ3) is 4.00. The molecule has 0 atom stereocenters. The highest BCUT2D eigenvalue weighted by Crippen LogP contribution is 2.38. The van der Waals surface area contributed by atoms with Gasteiger partial charge >= 0.3 is 12.1 Å². The smallest absolute Gasteiger partial charge is 0.418 e. The van der Waals surface area contributed by atoms with E-state index in [1.807, 2.05) is 0 Å². The Morgan fingerprint density at radius 1 is 1.19 bits per heavy atom. The van der Waals surface area contributed by atoms with Gasteiger partial charge in [0.1, 0.15) is 0 Å². The molecule has 2 rings (SSSR count). The van der Waals surface area contributed by atoms with Crippen LogP contribution < -0.4 is 4.90 Å². The lowest BCUT2D eigenvalue weighted by atomic mass is 10.0. The predicted octanol–water partition coefficient (Wildman–Crippen LogP) is 3.79. The third-order valence-electron chi connectivity index (χ3n) is 3.44. The summed E-state index contributed by atoms with van der Waals surface area (Å²) in [7, 11) is 0. The number of carbonyl (C=O) groups is 1. The van der Waals surface area contributed by atoms with Crippen LogP contribution in [0.3, 0.4) is 0 Å². The van der Waals surface area contributed by atoms with E-state index in [4.69, 9.17) is 5.11 Å². The number of benzene rings is 1. The quantitative estimate of drug-likeness (QED) is 0.863. The van der Waals surface area contributed by atoms with Gasteiger partial charge in [0, 0.05) is 24.9 Å². The molecule has 0 aromatic heterocycles. The summed E-state index contributed by atoms with van der Waals surface area (Å²) in [6, 6.07) is 3.94. The number of carboxylic acid groups (broad SMARTS) is 1. The van der Waals surface area contributed by atoms with E-state index in [0.717, 1.165) is 37.5 Å². The largest absolute Gasteiger partial charge is 0.478 e. The molecule has 0 saturated carbocycles. The standard InChI is InChI=1S/C15H16F3NO2/c16-15(17,18)12-10-11(5-7-14(20)21)4-6-13(12)19-8-2-1-3-9-19/h4-7,10H,1-3,8-9H2,(H,20,21)/b7-5+. The number of aliphatic carboxylic acids is 1. The van der Waals surface area contributed by atoms with Gasteiger partial charge in [-0.05, 0) is 43.0 Å². The Morgan fingerprint density at radius 2 is 1.86 bits per heavy atom. The van der Waals surface area contributed by atoms with E-state index in [0.29, 0.717) is 13.1 Å². The summed E-state index contributed by atoms with van der Waals surface area (Å²) in [5.74, 6) is -1.19. The van der Waals surface area contributed by atoms with Gasteiger partial charge in [-0.3, -0.25) is 0 Å². The molecule has 1 aliphatic rings. The van der Waals surface area contributed by atoms with Crippen LogP contribution in [0.2, 0.25) is 0 Å². The van der Waals surface area contributed by atoms with Crippen molar-refractivity contribution in [3.63, 3.8) is 0 Å². The number of halogens is 3. The number of alkyl halides is 3. The Labute approximate surface area is 120 Å². The normalized spacial score (nSPS) is 16.4. The summed E-state index contributed by atoms with van der Waals surface area (Å²) in [6.07, 6.45) is 0.348. The van der Waals surface area contributed by atoms with Crippen LogP contribution in [-0.4, -0.2) is 24.2 Å². The van der Waals surface area contributed by atoms with Crippen LogP contribution in [-0.2, 0) is 11.0 Å². The molecule has 6 heteroatoms. The highest BCUT2D eigenvalue weighted by Gasteiger charge is 2.35. The van der Waals surface area contributed by atoms with Crippen molar-refractivity contribution in [2.24, 2.45) is 0 Å². The number of carboxylic acids is 1. The van der Waals surface area contributed by atoms with Crippen molar-refractivity contribution < 1.29 is 23.1 Å². The van der Waals surface area contributed by atoms with Crippen molar-refractivity contribution in [2.45, 2.75) is 25.4 Å². The minimum absolute atomic E-state index is 0.176. The van der Waals surface area contributed by atoms with Gasteiger partial charge in [-0.2, -0.15) is 13.2 Å². The zero-order valence-electron chi connectivity index (χ0n) is 11.4. The molecule has 1 aliphatic heterocycles. The third-order valence-corrected chi connectivity index (χ3v) is 3.44. The van der Waals surface area contributed by atoms with Crippen molar-refractivity contribution in [1.29, 1.82) is 0 Å². The van der Waals surface area contributed by atoms with E-state index in [2.05, 4.69) is 0 Å². The van der Waals surface area contributed by atoms with Crippen LogP contribution in [0.1, 0.15) is 30.4 Å². The van der Waals surface area contributed by atoms with E-state index >= 15 is 0 Å². The lowest BCUT2D eigenvalue weighted by molar-refractivity contribution is -0.137. The summed E-state index contributed by atoms with van der Waals surface area (Å²) in [5, 5.41) is 8.55. The molecule has 1 fully saturated rings. The number of nitrogens with zero attached hydrogens (tertiary/aromatic N) is 1. The minimum Gasteiger partial charge on any atom is -0.478 e. The Hall–Kier alpha value is -1.98. The first kappa shape index (κ1) is 15.4. The molecule has 0 amide bonds. The monoisotopic (exact) mass is 299 g/mol. The number of rotatable bonds is 3. The molecule has 0 aliphatic carbocycles. The number of hydrogen-bond acceptors (Lipinski definition) is 2. The molecule has 1 aromatic rings. The van der Waals surface area contributed by atoms with E-state index in [9.17, 15) is 18.0 Å². The predicted molar refractivity (Wildman–Crippen MR) is 74.2 cm³/mol. The fourth-order valence-corrected chi connectivity index (χ4v) is 2.46. The van der Waals surface area contributed by atoms with E-state index in [1.165, 1.54) is 12.1 Å². The van der Waals surface area contributed by atoms with Crippen LogP contribution in [0.4, 0.5) is 18.9 Å². The molecule has 1 N–H and O–H groups in total. The molecule has 0 spiro atoms. The molecule has 21 heavy (non-hydrogen) atoms.